The number of aliphatic carboxylic acids is 1. The molecule has 13 nitrogen and oxygen atoms in total. The number of carboxylic acid groups (broad SMARTS) is 1. The van der Waals surface area contributed by atoms with E-state index in [4.69, 9.17) is 28.2 Å². The van der Waals surface area contributed by atoms with Crippen LogP contribution in [-0.2, 0) is 20.1 Å². The number of anilines is 1. The molecule has 2 aromatic rings. The van der Waals surface area contributed by atoms with Gasteiger partial charge in [-0.1, -0.05) is 39.9 Å². The Balaban J connectivity index is 1.50. The number of nitrogens with one attached hydrogen (secondary N) is 1. The third kappa shape index (κ3) is 6.29. The number of amides is 2. The van der Waals surface area contributed by atoms with Crippen LogP contribution < -0.4 is 16.8 Å². The summed E-state index contributed by atoms with van der Waals surface area (Å²) in [6.45, 7) is -0.123. The molecule has 1 unspecified atom stereocenters. The molecule has 1 fully saturated rings. The highest BCUT2D eigenvalue weighted by molar-refractivity contribution is 8.06. The van der Waals surface area contributed by atoms with E-state index in [0.717, 1.165) is 26.7 Å². The van der Waals surface area contributed by atoms with Gasteiger partial charge in [-0.25, -0.2) is 9.78 Å². The smallest absolute Gasteiger partial charge is 0.353 e. The largest absolute Gasteiger partial charge is 0.477 e. The Morgan fingerprint density at radius 1 is 1.41 bits per heavy atom. The van der Waals surface area contributed by atoms with Crippen LogP contribution in [0, 0.1) is 0 Å². The number of fused-ring (bicyclic) bond motifs is 1. The second-order valence-electron chi connectivity index (χ2n) is 8.10. The predicted octanol–water partition coefficient (Wildman–Crippen LogP) is 0.993. The zero-order valence-corrected chi connectivity index (χ0v) is 23.8. The van der Waals surface area contributed by atoms with Crippen LogP contribution in [0.1, 0.15) is 11.3 Å². The van der Waals surface area contributed by atoms with Crippen molar-refractivity contribution in [3.63, 3.8) is 0 Å². The summed E-state index contributed by atoms with van der Waals surface area (Å²) in [4.78, 5) is 48.5. The number of hydrogen-bond donors (Lipinski definition) is 6. The summed E-state index contributed by atoms with van der Waals surface area (Å²) in [6, 6.07) is 0.361. The number of thioether (sulfide) groups is 3. The van der Waals surface area contributed by atoms with Crippen LogP contribution >= 0.6 is 58.2 Å². The maximum atomic E-state index is 13.0. The van der Waals surface area contributed by atoms with E-state index in [-0.39, 0.29) is 39.3 Å². The third-order valence-electron chi connectivity index (χ3n) is 5.48. The number of nitrogen functional groups attached to an aromatic ring is 1. The molecule has 0 bridgehead atoms. The number of oxime groups is 1. The van der Waals surface area contributed by atoms with Crippen molar-refractivity contribution in [3.8, 4) is 0 Å². The van der Waals surface area contributed by atoms with Crippen LogP contribution in [0.4, 0.5) is 5.13 Å². The summed E-state index contributed by atoms with van der Waals surface area (Å²) in [5.41, 5.74) is 11.4. The molecule has 2 aliphatic heterocycles. The van der Waals surface area contributed by atoms with Crippen molar-refractivity contribution in [1.29, 1.82) is 0 Å². The van der Waals surface area contributed by atoms with Gasteiger partial charge >= 0.3 is 5.97 Å². The van der Waals surface area contributed by atoms with Crippen LogP contribution in [-0.4, -0.2) is 89.4 Å². The van der Waals surface area contributed by atoms with Gasteiger partial charge in [-0.2, -0.15) is 11.8 Å². The Labute approximate surface area is 243 Å². The molecule has 0 aromatic carbocycles. The number of carbonyl (C=O) groups is 3. The fourth-order valence-electron chi connectivity index (χ4n) is 3.67. The van der Waals surface area contributed by atoms with Crippen molar-refractivity contribution in [2.24, 2.45) is 10.9 Å². The number of aliphatic hydroxyl groups excluding tert-OH is 1. The molecule has 39 heavy (non-hydrogen) atoms. The summed E-state index contributed by atoms with van der Waals surface area (Å²) in [5, 5.41) is 33.3. The van der Waals surface area contributed by atoms with Crippen LogP contribution in [0.2, 0.25) is 4.34 Å². The lowest BCUT2D eigenvalue weighted by molar-refractivity contribution is -0.150. The van der Waals surface area contributed by atoms with E-state index in [9.17, 15) is 24.7 Å². The molecule has 1 saturated heterocycles. The van der Waals surface area contributed by atoms with Gasteiger partial charge in [0.2, 0.25) is 0 Å². The van der Waals surface area contributed by atoms with E-state index >= 15 is 0 Å². The number of aliphatic hydroxyl groups is 1. The van der Waals surface area contributed by atoms with E-state index in [1.807, 2.05) is 0 Å². The number of β-lactam (4-membered cyclic amide) rings is 1. The molecule has 2 aromatic heterocycles. The van der Waals surface area contributed by atoms with Gasteiger partial charge in [0, 0.05) is 45.5 Å². The first-order valence-electron chi connectivity index (χ1n) is 11.1. The maximum absolute atomic E-state index is 13.0. The fourth-order valence-corrected chi connectivity index (χ4v) is 8.23. The number of carbonyl (C=O) groups excluding carboxylic acids is 2. The highest BCUT2D eigenvalue weighted by Crippen LogP contribution is 2.46. The predicted molar refractivity (Wildman–Crippen MR) is 151 cm³/mol. The molecule has 208 valence electrons. The Bertz CT molecular complexity index is 1360. The highest BCUT2D eigenvalue weighted by atomic mass is 35.5. The number of rotatable bonds is 11. The molecule has 2 aliphatic rings. The SMILES string of the molecule is Nc1nc(/C(=N/O)C(=O)N[C@@H]2C(=O)N3C(C(=O)O)=C(Sc4ccncc4CSCC(N)CO)CS[C@H]23)c(Cl)s1. The van der Waals surface area contributed by atoms with Crippen molar-refractivity contribution in [2.75, 3.05) is 23.8 Å². The number of carboxylic acids is 1. The normalized spacial score (nSPS) is 19.9. The number of aromatic nitrogens is 2. The van der Waals surface area contributed by atoms with Gasteiger partial charge in [0.25, 0.3) is 11.8 Å². The van der Waals surface area contributed by atoms with E-state index < -0.39 is 34.9 Å². The first-order chi connectivity index (χ1) is 18.7. The van der Waals surface area contributed by atoms with E-state index in [1.54, 1.807) is 18.5 Å². The summed E-state index contributed by atoms with van der Waals surface area (Å²) in [6.07, 6.45) is 3.28. The lowest BCUT2D eigenvalue weighted by Gasteiger charge is -2.49. The van der Waals surface area contributed by atoms with Gasteiger partial charge in [-0.05, 0) is 11.6 Å². The van der Waals surface area contributed by atoms with E-state index in [0.29, 0.717) is 16.4 Å². The third-order valence-corrected chi connectivity index (χ3v) is 10.4. The van der Waals surface area contributed by atoms with Crippen LogP contribution in [0.15, 0.2) is 39.1 Å². The number of nitrogens with two attached hydrogens (primary N) is 2. The molecule has 0 radical (unpaired) electrons. The van der Waals surface area contributed by atoms with Crippen molar-refractivity contribution in [2.45, 2.75) is 28.1 Å². The van der Waals surface area contributed by atoms with E-state index in [1.165, 1.54) is 35.3 Å². The van der Waals surface area contributed by atoms with Crippen LogP contribution in [0.5, 0.6) is 0 Å². The molecule has 8 N–H and O–H groups in total. The second-order valence-corrected chi connectivity index (χ2v) is 13.0. The first kappa shape index (κ1) is 29.4. The molecule has 3 atom stereocenters. The van der Waals surface area contributed by atoms with Crippen LogP contribution in [0.25, 0.3) is 0 Å². The zero-order valence-electron chi connectivity index (χ0n) is 19.8. The zero-order chi connectivity index (χ0) is 28.3. The fraction of sp³-hybridized carbons (Fsp3) is 0.333. The molecule has 0 aliphatic carbocycles. The number of pyridine rings is 1. The van der Waals surface area contributed by atoms with Gasteiger partial charge in [0.05, 0.1) is 6.61 Å². The Kier molecular flexibility index (Phi) is 9.63. The van der Waals surface area contributed by atoms with Crippen molar-refractivity contribution >= 4 is 86.9 Å². The lowest BCUT2D eigenvalue weighted by atomic mass is 10.0. The number of hydrogen-bond acceptors (Lipinski definition) is 14. The van der Waals surface area contributed by atoms with Crippen molar-refractivity contribution in [3.05, 3.63) is 44.7 Å². The standard InChI is InChI=1S/C21H22ClN7O6S4/c22-16-12(27-21(24)39-16)13(28-35)17(31)26-14-18(32)29-15(20(33)34)11(7-37-19(14)29)38-10-1-2-25-3-8(10)5-36-6-9(23)4-30/h1-3,9,14,19,30,35H,4-7,23H2,(H2,24,27)(H,26,31)(H,33,34)/b28-13-/t9?,14-,19-/m1/s1. The van der Waals surface area contributed by atoms with Gasteiger partial charge in [0.1, 0.15) is 27.1 Å². The van der Waals surface area contributed by atoms with Crippen molar-refractivity contribution < 1.29 is 29.8 Å². The summed E-state index contributed by atoms with van der Waals surface area (Å²) in [7, 11) is 0. The number of nitrogens with zero attached hydrogens (tertiary/aromatic N) is 4. The quantitative estimate of drug-likeness (QED) is 0.0883. The molecule has 2 amide bonds. The summed E-state index contributed by atoms with van der Waals surface area (Å²) < 4.78 is 0.0342. The molecule has 0 saturated carbocycles. The van der Waals surface area contributed by atoms with Gasteiger partial charge in [0.15, 0.2) is 10.8 Å². The van der Waals surface area contributed by atoms with Gasteiger partial charge in [-0.3, -0.25) is 19.5 Å². The summed E-state index contributed by atoms with van der Waals surface area (Å²) in [5.74, 6) is -1.45. The average Bonchev–Trinajstić information content (AvgIpc) is 3.25. The Morgan fingerprint density at radius 3 is 2.82 bits per heavy atom. The molecule has 4 heterocycles. The molecule has 18 heteroatoms. The minimum absolute atomic E-state index is 0.0342. The van der Waals surface area contributed by atoms with Gasteiger partial charge in [-0.15, -0.1) is 11.8 Å². The Morgan fingerprint density at radius 2 is 2.18 bits per heavy atom. The second kappa shape index (κ2) is 12.8. The lowest BCUT2D eigenvalue weighted by Crippen LogP contribution is -2.71. The van der Waals surface area contributed by atoms with Crippen LogP contribution in [0.3, 0.4) is 0 Å². The monoisotopic (exact) mass is 631 g/mol. The van der Waals surface area contributed by atoms with E-state index in [2.05, 4.69) is 20.4 Å². The first-order valence-corrected chi connectivity index (χ1v) is 15.3. The van der Waals surface area contributed by atoms with Crippen molar-refractivity contribution in [1.82, 2.24) is 20.2 Å². The minimum atomic E-state index is -1.28. The molecular formula is C21H22ClN7O6S4. The molecule has 0 spiro atoms. The number of thiazole rings is 1. The summed E-state index contributed by atoms with van der Waals surface area (Å²) >= 11 is 10.9. The average molecular weight is 632 g/mol. The molecule has 4 rings (SSSR count). The Hall–Kier alpha value is -2.54. The number of halogens is 1. The maximum Gasteiger partial charge on any atom is 0.353 e. The topological polar surface area (TPSA) is 217 Å². The van der Waals surface area contributed by atoms with Gasteiger partial charge < -0.3 is 32.2 Å². The highest BCUT2D eigenvalue weighted by Gasteiger charge is 2.54. The minimum Gasteiger partial charge on any atom is -0.477 e. The molecular weight excluding hydrogens is 610 g/mol.